The maximum atomic E-state index is 12.6. The van der Waals surface area contributed by atoms with Crippen LogP contribution in [0.1, 0.15) is 63.8 Å². The predicted octanol–water partition coefficient (Wildman–Crippen LogP) is 2.24. The molecule has 0 bridgehead atoms. The van der Waals surface area contributed by atoms with Crippen molar-refractivity contribution in [1.82, 2.24) is 24.6 Å². The van der Waals surface area contributed by atoms with Crippen LogP contribution in [0.15, 0.2) is 9.42 Å². The maximum absolute atomic E-state index is 12.6. The Labute approximate surface area is 142 Å². The highest BCUT2D eigenvalue weighted by molar-refractivity contribution is 7.89. The molecule has 0 aromatic carbocycles. The first-order valence-electron chi connectivity index (χ1n) is 7.82. The van der Waals surface area contributed by atoms with Crippen LogP contribution >= 0.6 is 0 Å². The van der Waals surface area contributed by atoms with Gasteiger partial charge in [-0.2, -0.15) is 10.1 Å². The van der Waals surface area contributed by atoms with Crippen molar-refractivity contribution in [2.45, 2.75) is 71.4 Å². The van der Waals surface area contributed by atoms with E-state index in [1.54, 1.807) is 18.5 Å². The van der Waals surface area contributed by atoms with E-state index in [1.165, 1.54) is 0 Å². The largest absolute Gasteiger partial charge is 0.338 e. The molecule has 9 heteroatoms. The van der Waals surface area contributed by atoms with Crippen LogP contribution in [0.2, 0.25) is 0 Å². The lowest BCUT2D eigenvalue weighted by Gasteiger charge is -2.11. The molecular weight excluding hydrogens is 330 g/mol. The SMILES string of the molecule is Cc1nn(C(C)C)c(C)c1S(=O)(=O)NCc1nc(C(C)(C)C)no1. The number of nitrogens with one attached hydrogen (secondary N) is 1. The summed E-state index contributed by atoms with van der Waals surface area (Å²) >= 11 is 0. The zero-order valence-corrected chi connectivity index (χ0v) is 16.0. The standard InChI is InChI=1S/C15H25N5O3S/c1-9(2)20-11(4)13(10(3)18-20)24(21,22)16-8-12-17-14(19-23-12)15(5,6)7/h9,16H,8H2,1-7H3. The molecule has 0 spiro atoms. The van der Waals surface area contributed by atoms with E-state index in [-0.39, 0.29) is 28.8 Å². The van der Waals surface area contributed by atoms with E-state index in [4.69, 9.17) is 4.52 Å². The lowest BCUT2D eigenvalue weighted by molar-refractivity contribution is 0.360. The summed E-state index contributed by atoms with van der Waals surface area (Å²) in [6, 6.07) is 0.0814. The van der Waals surface area contributed by atoms with E-state index in [9.17, 15) is 8.42 Å². The lowest BCUT2D eigenvalue weighted by Crippen LogP contribution is -2.25. The molecule has 0 aliphatic carbocycles. The van der Waals surface area contributed by atoms with Crippen molar-refractivity contribution in [3.63, 3.8) is 0 Å². The van der Waals surface area contributed by atoms with Gasteiger partial charge in [-0.1, -0.05) is 25.9 Å². The van der Waals surface area contributed by atoms with E-state index in [2.05, 4.69) is 20.0 Å². The van der Waals surface area contributed by atoms with Crippen LogP contribution < -0.4 is 4.72 Å². The summed E-state index contributed by atoms with van der Waals surface area (Å²) in [5.74, 6) is 0.770. The van der Waals surface area contributed by atoms with Crippen molar-refractivity contribution in [3.8, 4) is 0 Å². The fraction of sp³-hybridized carbons (Fsp3) is 0.667. The molecule has 2 rings (SSSR count). The van der Waals surface area contributed by atoms with Gasteiger partial charge in [-0.25, -0.2) is 13.1 Å². The van der Waals surface area contributed by atoms with Crippen molar-refractivity contribution in [2.75, 3.05) is 0 Å². The second kappa shape index (κ2) is 6.29. The molecule has 8 nitrogen and oxygen atoms in total. The Morgan fingerprint density at radius 1 is 1.25 bits per heavy atom. The van der Waals surface area contributed by atoms with E-state index in [0.717, 1.165) is 0 Å². The third-order valence-electron chi connectivity index (χ3n) is 3.57. The first-order chi connectivity index (χ1) is 10.9. The summed E-state index contributed by atoms with van der Waals surface area (Å²) in [6.45, 7) is 13.2. The van der Waals surface area contributed by atoms with E-state index in [1.807, 2.05) is 34.6 Å². The summed E-state index contributed by atoms with van der Waals surface area (Å²) < 4.78 is 34.6. The molecule has 0 atom stereocenters. The lowest BCUT2D eigenvalue weighted by atomic mass is 9.96. The number of rotatable bonds is 5. The van der Waals surface area contributed by atoms with Gasteiger partial charge in [0.25, 0.3) is 0 Å². The van der Waals surface area contributed by atoms with Crippen molar-refractivity contribution >= 4 is 10.0 Å². The summed E-state index contributed by atoms with van der Waals surface area (Å²) in [4.78, 5) is 4.43. The first-order valence-corrected chi connectivity index (χ1v) is 9.30. The minimum absolute atomic E-state index is 0.0584. The molecule has 1 N–H and O–H groups in total. The Hall–Kier alpha value is -1.74. The molecule has 134 valence electrons. The molecule has 2 aromatic heterocycles. The van der Waals surface area contributed by atoms with Gasteiger partial charge in [0.05, 0.1) is 17.9 Å². The molecule has 24 heavy (non-hydrogen) atoms. The van der Waals surface area contributed by atoms with Gasteiger partial charge in [-0.3, -0.25) is 4.68 Å². The Kier molecular flexibility index (Phi) is 4.87. The number of sulfonamides is 1. The summed E-state index contributed by atoms with van der Waals surface area (Å²) in [6.07, 6.45) is 0. The molecule has 0 unspecified atom stereocenters. The van der Waals surface area contributed by atoms with Gasteiger partial charge in [0.2, 0.25) is 15.9 Å². The molecule has 0 aliphatic rings. The number of nitrogens with zero attached hydrogens (tertiary/aromatic N) is 4. The molecule has 0 saturated heterocycles. The Morgan fingerprint density at radius 2 is 1.88 bits per heavy atom. The molecule has 2 aromatic rings. The van der Waals surface area contributed by atoms with Gasteiger partial charge >= 0.3 is 0 Å². The third-order valence-corrected chi connectivity index (χ3v) is 5.22. The van der Waals surface area contributed by atoms with Gasteiger partial charge < -0.3 is 4.52 Å². The fourth-order valence-corrected chi connectivity index (χ4v) is 3.77. The van der Waals surface area contributed by atoms with Gasteiger partial charge in [-0.15, -0.1) is 0 Å². The average Bonchev–Trinajstić information content (AvgIpc) is 3.01. The quantitative estimate of drug-likeness (QED) is 0.882. The van der Waals surface area contributed by atoms with Crippen LogP contribution in [-0.2, 0) is 22.0 Å². The monoisotopic (exact) mass is 355 g/mol. The highest BCUT2D eigenvalue weighted by atomic mass is 32.2. The van der Waals surface area contributed by atoms with Gasteiger partial charge in [-0.05, 0) is 27.7 Å². The van der Waals surface area contributed by atoms with Crippen molar-refractivity contribution in [1.29, 1.82) is 0 Å². The highest BCUT2D eigenvalue weighted by Crippen LogP contribution is 2.22. The topological polar surface area (TPSA) is 103 Å². The Morgan fingerprint density at radius 3 is 2.33 bits per heavy atom. The molecule has 0 fully saturated rings. The van der Waals surface area contributed by atoms with Crippen LogP contribution in [-0.4, -0.2) is 28.3 Å². The van der Waals surface area contributed by atoms with E-state index < -0.39 is 10.0 Å². The molecular formula is C15H25N5O3S. The molecule has 2 heterocycles. The number of aromatic nitrogens is 4. The second-order valence-corrected chi connectivity index (χ2v) is 8.83. The smallest absolute Gasteiger partial charge is 0.244 e. The van der Waals surface area contributed by atoms with Gasteiger partial charge in [0.15, 0.2) is 5.82 Å². The van der Waals surface area contributed by atoms with Crippen LogP contribution in [0.4, 0.5) is 0 Å². The Balaban J connectivity index is 2.22. The third kappa shape index (κ3) is 3.67. The number of aryl methyl sites for hydroxylation is 1. The molecule has 0 aliphatic heterocycles. The average molecular weight is 355 g/mol. The second-order valence-electron chi connectivity index (χ2n) is 7.12. The minimum atomic E-state index is -3.72. The molecule has 0 radical (unpaired) electrons. The first kappa shape index (κ1) is 18.6. The molecule has 0 saturated carbocycles. The van der Waals surface area contributed by atoms with Crippen molar-refractivity contribution in [3.05, 3.63) is 23.1 Å². The van der Waals surface area contributed by atoms with Crippen LogP contribution in [0.25, 0.3) is 0 Å². The highest BCUT2D eigenvalue weighted by Gasteiger charge is 2.26. The van der Waals surface area contributed by atoms with E-state index in [0.29, 0.717) is 17.2 Å². The summed E-state index contributed by atoms with van der Waals surface area (Å²) in [7, 11) is -3.72. The molecule has 0 amide bonds. The van der Waals surface area contributed by atoms with Crippen LogP contribution in [0.5, 0.6) is 0 Å². The van der Waals surface area contributed by atoms with E-state index >= 15 is 0 Å². The minimum Gasteiger partial charge on any atom is -0.338 e. The fourth-order valence-electron chi connectivity index (χ4n) is 2.40. The van der Waals surface area contributed by atoms with Gasteiger partial charge in [0.1, 0.15) is 4.90 Å². The maximum Gasteiger partial charge on any atom is 0.244 e. The Bertz CT molecular complexity index is 828. The normalized spacial score (nSPS) is 13.0. The number of hydrogen-bond acceptors (Lipinski definition) is 6. The number of hydrogen-bond donors (Lipinski definition) is 1. The van der Waals surface area contributed by atoms with Crippen molar-refractivity contribution < 1.29 is 12.9 Å². The summed E-state index contributed by atoms with van der Waals surface area (Å²) in [5.41, 5.74) is 0.817. The zero-order valence-electron chi connectivity index (χ0n) is 15.2. The van der Waals surface area contributed by atoms with Crippen LogP contribution in [0, 0.1) is 13.8 Å². The van der Waals surface area contributed by atoms with Crippen molar-refractivity contribution in [2.24, 2.45) is 0 Å². The summed E-state index contributed by atoms with van der Waals surface area (Å²) in [5, 5.41) is 8.20. The van der Waals surface area contributed by atoms with Gasteiger partial charge in [0, 0.05) is 11.5 Å². The zero-order chi connectivity index (χ0) is 18.3. The van der Waals surface area contributed by atoms with Crippen LogP contribution in [0.3, 0.4) is 0 Å². The predicted molar refractivity (Wildman–Crippen MR) is 89.1 cm³/mol.